The summed E-state index contributed by atoms with van der Waals surface area (Å²) in [6.07, 6.45) is 5.71. The lowest BCUT2D eigenvalue weighted by Gasteiger charge is -2.07. The maximum absolute atomic E-state index is 12.0. The van der Waals surface area contributed by atoms with Crippen molar-refractivity contribution in [2.45, 2.75) is 10.8 Å². The van der Waals surface area contributed by atoms with E-state index in [0.717, 1.165) is 26.7 Å². The summed E-state index contributed by atoms with van der Waals surface area (Å²) in [7, 11) is 3.14. The van der Waals surface area contributed by atoms with E-state index in [9.17, 15) is 4.79 Å². The molecule has 148 valence electrons. The van der Waals surface area contributed by atoms with Crippen molar-refractivity contribution in [3.63, 3.8) is 0 Å². The smallest absolute Gasteiger partial charge is 0.338 e. The van der Waals surface area contributed by atoms with E-state index in [0.29, 0.717) is 11.3 Å². The topological polar surface area (TPSA) is 63.6 Å². The first-order valence-corrected chi connectivity index (χ1v) is 10.7. The molecule has 3 rings (SSSR count). The number of methoxy groups -OCH3 is 1. The summed E-state index contributed by atoms with van der Waals surface area (Å²) in [6.45, 7) is 0. The maximum Gasteiger partial charge on any atom is 0.338 e. The second-order valence-electron chi connectivity index (χ2n) is 5.93. The number of thioether (sulfide) groups is 1. The monoisotopic (exact) mass is 423 g/mol. The van der Waals surface area contributed by atoms with Gasteiger partial charge in [0.2, 0.25) is 0 Å². The molecule has 0 unspecified atom stereocenters. The molecule has 5 nitrogen and oxygen atoms in total. The van der Waals surface area contributed by atoms with E-state index >= 15 is 0 Å². The third-order valence-corrected chi connectivity index (χ3v) is 6.01. The fourth-order valence-corrected chi connectivity index (χ4v) is 4.52. The first-order chi connectivity index (χ1) is 14.2. The van der Waals surface area contributed by atoms with Gasteiger partial charge in [0, 0.05) is 36.5 Å². The average molecular weight is 424 g/mol. The highest BCUT2D eigenvalue weighted by Crippen LogP contribution is 2.31. The van der Waals surface area contributed by atoms with Gasteiger partial charge in [-0.25, -0.2) is 4.79 Å². The molecule has 0 bridgehead atoms. The van der Waals surface area contributed by atoms with Crippen LogP contribution >= 0.6 is 23.3 Å². The molecule has 1 heterocycles. The number of nitrogens with one attached hydrogen (secondary N) is 1. The van der Waals surface area contributed by atoms with Crippen molar-refractivity contribution >= 4 is 47.2 Å². The van der Waals surface area contributed by atoms with E-state index in [-0.39, 0.29) is 5.97 Å². The minimum Gasteiger partial charge on any atom is -0.465 e. The summed E-state index contributed by atoms with van der Waals surface area (Å²) in [5.74, 6) is 0.288. The number of esters is 1. The molecule has 0 atom stereocenters. The predicted molar refractivity (Wildman–Crippen MR) is 122 cm³/mol. The molecule has 0 saturated heterocycles. The number of aromatic nitrogens is 1. The van der Waals surface area contributed by atoms with Crippen LogP contribution in [-0.2, 0) is 10.5 Å². The quantitative estimate of drug-likeness (QED) is 0.300. The lowest BCUT2D eigenvalue weighted by Crippen LogP contribution is -2.04. The summed E-state index contributed by atoms with van der Waals surface area (Å²) in [4.78, 5) is 17.2. The van der Waals surface area contributed by atoms with Gasteiger partial charge in [-0.15, -0.1) is 0 Å². The van der Waals surface area contributed by atoms with Gasteiger partial charge >= 0.3 is 5.97 Å². The number of nitrogens with zero attached hydrogens (tertiary/aromatic N) is 2. The standard InChI is InChI=1S/C22H21N3O2S2/c1-23-14-19-20(12-13-24-17-9-4-3-5-10-17)29-25-21(19)28-15-16-8-6-7-11-18(16)22(26)27-2/h3-14,24H,15H2,1-2H3/b13-12-,23-14?. The van der Waals surface area contributed by atoms with E-state index < -0.39 is 0 Å². The zero-order valence-electron chi connectivity index (χ0n) is 16.2. The summed E-state index contributed by atoms with van der Waals surface area (Å²) in [5.41, 5.74) is 3.49. The number of anilines is 1. The van der Waals surface area contributed by atoms with E-state index in [1.165, 1.54) is 18.6 Å². The number of hydrogen-bond donors (Lipinski definition) is 1. The third kappa shape index (κ3) is 5.56. The zero-order valence-corrected chi connectivity index (χ0v) is 17.8. The number of hydrogen-bond acceptors (Lipinski definition) is 7. The van der Waals surface area contributed by atoms with Gasteiger partial charge in [-0.05, 0) is 41.4 Å². The van der Waals surface area contributed by atoms with Crippen LogP contribution in [0.5, 0.6) is 0 Å². The Labute approximate surface area is 178 Å². The zero-order chi connectivity index (χ0) is 20.5. The van der Waals surface area contributed by atoms with Crippen LogP contribution in [0.3, 0.4) is 0 Å². The number of carbonyl (C=O) groups excluding carboxylic acids is 1. The number of aliphatic imine (C=N–C) groups is 1. The number of carbonyl (C=O) groups is 1. The molecule has 0 aliphatic carbocycles. The van der Waals surface area contributed by atoms with Crippen LogP contribution in [0, 0.1) is 0 Å². The lowest BCUT2D eigenvalue weighted by atomic mass is 10.1. The normalized spacial score (nSPS) is 11.2. The first-order valence-electron chi connectivity index (χ1n) is 8.92. The molecular formula is C22H21N3O2S2. The minimum absolute atomic E-state index is 0.328. The fourth-order valence-electron chi connectivity index (χ4n) is 2.62. The van der Waals surface area contributed by atoms with E-state index in [1.54, 1.807) is 24.9 Å². The highest BCUT2D eigenvalue weighted by atomic mass is 32.2. The third-order valence-electron chi connectivity index (χ3n) is 4.03. The van der Waals surface area contributed by atoms with Crippen LogP contribution in [-0.4, -0.2) is 30.7 Å². The summed E-state index contributed by atoms with van der Waals surface area (Å²) in [6, 6.07) is 17.4. The largest absolute Gasteiger partial charge is 0.465 e. The Morgan fingerprint density at radius 2 is 1.97 bits per heavy atom. The molecule has 0 radical (unpaired) electrons. The summed E-state index contributed by atoms with van der Waals surface area (Å²) < 4.78 is 9.47. The molecule has 2 aromatic carbocycles. The predicted octanol–water partition coefficient (Wildman–Crippen LogP) is 5.35. The lowest BCUT2D eigenvalue weighted by molar-refractivity contribution is 0.0600. The van der Waals surface area contributed by atoms with Crippen molar-refractivity contribution in [3.05, 3.63) is 82.4 Å². The summed E-state index contributed by atoms with van der Waals surface area (Å²) in [5, 5.41) is 4.14. The van der Waals surface area contributed by atoms with Gasteiger partial charge in [0.05, 0.1) is 17.6 Å². The van der Waals surface area contributed by atoms with Crippen LogP contribution in [0.2, 0.25) is 0 Å². The molecule has 1 aromatic heterocycles. The Morgan fingerprint density at radius 3 is 2.72 bits per heavy atom. The van der Waals surface area contributed by atoms with Crippen molar-refractivity contribution in [1.82, 2.24) is 4.37 Å². The molecule has 1 N–H and O–H groups in total. The molecule has 0 fully saturated rings. The molecule has 0 spiro atoms. The Bertz CT molecular complexity index is 1010. The molecule has 0 saturated carbocycles. The van der Waals surface area contributed by atoms with Gasteiger partial charge in [0.25, 0.3) is 0 Å². The van der Waals surface area contributed by atoms with Gasteiger partial charge in [0.15, 0.2) is 0 Å². The fraction of sp³-hybridized carbons (Fsp3) is 0.136. The molecule has 0 aliphatic heterocycles. The molecule has 3 aromatic rings. The van der Waals surface area contributed by atoms with E-state index in [1.807, 2.05) is 67.0 Å². The van der Waals surface area contributed by atoms with Gasteiger partial charge in [0.1, 0.15) is 5.03 Å². The van der Waals surface area contributed by atoms with Crippen molar-refractivity contribution in [2.24, 2.45) is 4.99 Å². The van der Waals surface area contributed by atoms with Crippen LogP contribution in [0.25, 0.3) is 6.08 Å². The van der Waals surface area contributed by atoms with Gasteiger partial charge in [-0.1, -0.05) is 48.2 Å². The minimum atomic E-state index is -0.328. The number of para-hydroxylation sites is 1. The number of ether oxygens (including phenoxy) is 1. The molecule has 0 aliphatic rings. The molecule has 0 amide bonds. The Morgan fingerprint density at radius 1 is 1.21 bits per heavy atom. The second kappa shape index (κ2) is 10.6. The van der Waals surface area contributed by atoms with Crippen molar-refractivity contribution < 1.29 is 9.53 Å². The van der Waals surface area contributed by atoms with Gasteiger partial charge in [-0.2, -0.15) is 4.37 Å². The number of rotatable bonds is 8. The van der Waals surface area contributed by atoms with Crippen LogP contribution in [0.1, 0.15) is 26.4 Å². The van der Waals surface area contributed by atoms with Crippen LogP contribution in [0.15, 0.2) is 70.8 Å². The van der Waals surface area contributed by atoms with Crippen molar-refractivity contribution in [1.29, 1.82) is 0 Å². The van der Waals surface area contributed by atoms with Crippen molar-refractivity contribution in [2.75, 3.05) is 19.5 Å². The SMILES string of the molecule is CN=Cc1c(SCc2ccccc2C(=O)OC)nsc1/C=C\Nc1ccccc1. The molecule has 29 heavy (non-hydrogen) atoms. The van der Waals surface area contributed by atoms with E-state index in [4.69, 9.17) is 4.74 Å². The van der Waals surface area contributed by atoms with Crippen LogP contribution in [0.4, 0.5) is 5.69 Å². The van der Waals surface area contributed by atoms with Crippen molar-refractivity contribution in [3.8, 4) is 0 Å². The average Bonchev–Trinajstić information content (AvgIpc) is 3.14. The van der Waals surface area contributed by atoms with Crippen LogP contribution < -0.4 is 5.32 Å². The summed E-state index contributed by atoms with van der Waals surface area (Å²) >= 11 is 3.00. The van der Waals surface area contributed by atoms with Gasteiger partial charge < -0.3 is 10.1 Å². The first kappa shape index (κ1) is 20.8. The second-order valence-corrected chi connectivity index (χ2v) is 7.70. The Hall–Kier alpha value is -2.90. The van der Waals surface area contributed by atoms with E-state index in [2.05, 4.69) is 14.7 Å². The maximum atomic E-state index is 12.0. The molecule has 7 heteroatoms. The Balaban J connectivity index is 1.75. The molecular weight excluding hydrogens is 402 g/mol. The highest BCUT2D eigenvalue weighted by molar-refractivity contribution is 7.98. The number of benzene rings is 2. The Kier molecular flexibility index (Phi) is 7.61. The van der Waals surface area contributed by atoms with Gasteiger partial charge in [-0.3, -0.25) is 4.99 Å². The highest BCUT2D eigenvalue weighted by Gasteiger charge is 2.14.